The molecule has 1 saturated carbocycles. The smallest absolute Gasteiger partial charge is 0.158 e. The number of hydrogen-bond acceptors (Lipinski definition) is 2. The second kappa shape index (κ2) is 3.04. The van der Waals surface area contributed by atoms with Crippen molar-refractivity contribution in [3.8, 4) is 0 Å². The average molecular weight is 192 g/mol. The van der Waals surface area contributed by atoms with E-state index >= 15 is 0 Å². The zero-order chi connectivity index (χ0) is 10.3. The number of allylic oxidation sites excluding steroid dienone is 2. The Kier molecular flexibility index (Phi) is 2.09. The molecule has 0 amide bonds. The van der Waals surface area contributed by atoms with Gasteiger partial charge in [0.2, 0.25) is 0 Å². The number of rotatable bonds is 0. The molecule has 0 bridgehead atoms. The van der Waals surface area contributed by atoms with Crippen LogP contribution in [0.2, 0.25) is 0 Å². The fourth-order valence-corrected chi connectivity index (χ4v) is 2.67. The van der Waals surface area contributed by atoms with Crippen LogP contribution in [0.5, 0.6) is 0 Å². The standard InChI is InChI=1S/C12H16O2/c1-8-7-12(2)9(6-10(8)13)4-3-5-11(12)14/h6,8H,3-5,7H2,1-2H3. The first-order valence-corrected chi connectivity index (χ1v) is 5.32. The van der Waals surface area contributed by atoms with Gasteiger partial charge in [-0.15, -0.1) is 0 Å². The molecule has 2 rings (SSSR count). The van der Waals surface area contributed by atoms with Crippen LogP contribution in [0, 0.1) is 11.3 Å². The number of Topliss-reactive ketones (excluding diaryl/α,β-unsaturated/α-hetero) is 1. The molecular formula is C12H16O2. The van der Waals surface area contributed by atoms with Gasteiger partial charge in [-0.05, 0) is 32.3 Å². The molecule has 0 radical (unpaired) electrons. The Morgan fingerprint density at radius 1 is 1.36 bits per heavy atom. The average Bonchev–Trinajstić information content (AvgIpc) is 2.11. The Morgan fingerprint density at radius 3 is 2.79 bits per heavy atom. The lowest BCUT2D eigenvalue weighted by Gasteiger charge is -2.39. The molecule has 0 aromatic carbocycles. The normalized spacial score (nSPS) is 37.9. The fraction of sp³-hybridized carbons (Fsp3) is 0.667. The quantitative estimate of drug-likeness (QED) is 0.590. The lowest BCUT2D eigenvalue weighted by Crippen LogP contribution is -2.39. The Bertz CT molecular complexity index is 327. The maximum Gasteiger partial charge on any atom is 0.158 e. The van der Waals surface area contributed by atoms with Gasteiger partial charge in [-0.3, -0.25) is 9.59 Å². The van der Waals surface area contributed by atoms with Gasteiger partial charge < -0.3 is 0 Å². The van der Waals surface area contributed by atoms with Crippen molar-refractivity contribution in [3.05, 3.63) is 11.6 Å². The molecule has 2 aliphatic carbocycles. The number of ketones is 2. The molecule has 1 fully saturated rings. The Hall–Kier alpha value is -0.920. The van der Waals surface area contributed by atoms with E-state index in [1.54, 1.807) is 6.08 Å². The van der Waals surface area contributed by atoms with Crippen molar-refractivity contribution < 1.29 is 9.59 Å². The van der Waals surface area contributed by atoms with E-state index in [2.05, 4.69) is 0 Å². The van der Waals surface area contributed by atoms with Crippen LogP contribution >= 0.6 is 0 Å². The molecule has 2 aliphatic rings. The second-order valence-electron chi connectivity index (χ2n) is 4.79. The molecule has 2 atom stereocenters. The highest BCUT2D eigenvalue weighted by Gasteiger charge is 2.43. The summed E-state index contributed by atoms with van der Waals surface area (Å²) >= 11 is 0. The highest BCUT2D eigenvalue weighted by molar-refractivity contribution is 5.98. The third-order valence-electron chi connectivity index (χ3n) is 3.69. The SMILES string of the molecule is CC1CC2(C)C(=O)CCCC2=CC1=O. The summed E-state index contributed by atoms with van der Waals surface area (Å²) in [6.07, 6.45) is 4.99. The van der Waals surface area contributed by atoms with Crippen molar-refractivity contribution in [1.29, 1.82) is 0 Å². The molecule has 0 saturated heterocycles. The summed E-state index contributed by atoms with van der Waals surface area (Å²) in [4.78, 5) is 23.4. The van der Waals surface area contributed by atoms with Crippen molar-refractivity contribution in [3.63, 3.8) is 0 Å². The van der Waals surface area contributed by atoms with Crippen molar-refractivity contribution >= 4 is 11.6 Å². The molecule has 2 heteroatoms. The first-order chi connectivity index (χ1) is 6.54. The van der Waals surface area contributed by atoms with E-state index in [0.29, 0.717) is 12.2 Å². The van der Waals surface area contributed by atoms with E-state index in [1.165, 1.54) is 0 Å². The highest BCUT2D eigenvalue weighted by atomic mass is 16.1. The molecule has 0 heterocycles. The van der Waals surface area contributed by atoms with Crippen LogP contribution in [0.3, 0.4) is 0 Å². The van der Waals surface area contributed by atoms with Crippen molar-refractivity contribution in [2.75, 3.05) is 0 Å². The number of carbonyl (C=O) groups excluding carboxylic acids is 2. The van der Waals surface area contributed by atoms with Gasteiger partial charge in [-0.2, -0.15) is 0 Å². The van der Waals surface area contributed by atoms with Crippen LogP contribution in [0.25, 0.3) is 0 Å². The molecule has 76 valence electrons. The summed E-state index contributed by atoms with van der Waals surface area (Å²) in [5, 5.41) is 0. The molecule has 2 nitrogen and oxygen atoms in total. The molecule has 0 aliphatic heterocycles. The van der Waals surface area contributed by atoms with E-state index in [1.807, 2.05) is 13.8 Å². The minimum atomic E-state index is -0.314. The van der Waals surface area contributed by atoms with Gasteiger partial charge in [0.15, 0.2) is 5.78 Å². The maximum absolute atomic E-state index is 11.9. The third kappa shape index (κ3) is 1.24. The van der Waals surface area contributed by atoms with Crippen molar-refractivity contribution in [1.82, 2.24) is 0 Å². The molecule has 14 heavy (non-hydrogen) atoms. The van der Waals surface area contributed by atoms with Crippen molar-refractivity contribution in [2.45, 2.75) is 39.5 Å². The lowest BCUT2D eigenvalue weighted by molar-refractivity contribution is -0.130. The number of fused-ring (bicyclic) bond motifs is 1. The molecule has 0 N–H and O–H groups in total. The molecule has 0 aromatic heterocycles. The van der Waals surface area contributed by atoms with E-state index in [9.17, 15) is 9.59 Å². The first-order valence-electron chi connectivity index (χ1n) is 5.32. The van der Waals surface area contributed by atoms with Gasteiger partial charge in [-0.1, -0.05) is 12.5 Å². The van der Waals surface area contributed by atoms with Crippen LogP contribution in [0.15, 0.2) is 11.6 Å². The Morgan fingerprint density at radius 2 is 2.07 bits per heavy atom. The van der Waals surface area contributed by atoms with Crippen LogP contribution in [-0.2, 0) is 9.59 Å². The predicted molar refractivity (Wildman–Crippen MR) is 53.8 cm³/mol. The fourth-order valence-electron chi connectivity index (χ4n) is 2.67. The number of hydrogen-bond donors (Lipinski definition) is 0. The van der Waals surface area contributed by atoms with Gasteiger partial charge >= 0.3 is 0 Å². The van der Waals surface area contributed by atoms with Gasteiger partial charge in [0, 0.05) is 17.8 Å². The summed E-state index contributed by atoms with van der Waals surface area (Å²) in [5.74, 6) is 0.548. The Balaban J connectivity index is 2.42. The van der Waals surface area contributed by atoms with Crippen molar-refractivity contribution in [2.24, 2.45) is 11.3 Å². The number of carbonyl (C=O) groups is 2. The lowest BCUT2D eigenvalue weighted by atomic mass is 9.63. The molecular weight excluding hydrogens is 176 g/mol. The maximum atomic E-state index is 11.9. The van der Waals surface area contributed by atoms with E-state index in [0.717, 1.165) is 24.8 Å². The predicted octanol–water partition coefficient (Wildman–Crippen LogP) is 2.28. The van der Waals surface area contributed by atoms with Gasteiger partial charge in [-0.25, -0.2) is 0 Å². The zero-order valence-electron chi connectivity index (χ0n) is 8.80. The monoisotopic (exact) mass is 192 g/mol. The molecule has 2 unspecified atom stereocenters. The summed E-state index contributed by atoms with van der Waals surface area (Å²) in [6, 6.07) is 0. The van der Waals surface area contributed by atoms with E-state index in [-0.39, 0.29) is 17.1 Å². The summed E-state index contributed by atoms with van der Waals surface area (Å²) in [6.45, 7) is 3.92. The topological polar surface area (TPSA) is 34.1 Å². The summed E-state index contributed by atoms with van der Waals surface area (Å²) < 4.78 is 0. The highest BCUT2D eigenvalue weighted by Crippen LogP contribution is 2.45. The van der Waals surface area contributed by atoms with E-state index < -0.39 is 0 Å². The van der Waals surface area contributed by atoms with Gasteiger partial charge in [0.25, 0.3) is 0 Å². The molecule has 0 spiro atoms. The van der Waals surface area contributed by atoms with Crippen LogP contribution in [0.1, 0.15) is 39.5 Å². The van der Waals surface area contributed by atoms with Crippen LogP contribution in [-0.4, -0.2) is 11.6 Å². The largest absolute Gasteiger partial charge is 0.299 e. The summed E-state index contributed by atoms with van der Waals surface area (Å²) in [7, 11) is 0. The minimum absolute atomic E-state index is 0.0193. The van der Waals surface area contributed by atoms with Gasteiger partial charge in [0.1, 0.15) is 5.78 Å². The minimum Gasteiger partial charge on any atom is -0.299 e. The van der Waals surface area contributed by atoms with Gasteiger partial charge in [0.05, 0.1) is 0 Å². The van der Waals surface area contributed by atoms with E-state index in [4.69, 9.17) is 0 Å². The van der Waals surface area contributed by atoms with Crippen LogP contribution in [0.4, 0.5) is 0 Å². The second-order valence-corrected chi connectivity index (χ2v) is 4.79. The van der Waals surface area contributed by atoms with Crippen LogP contribution < -0.4 is 0 Å². The third-order valence-corrected chi connectivity index (χ3v) is 3.69. The zero-order valence-corrected chi connectivity index (χ0v) is 8.80. The Labute approximate surface area is 84.4 Å². The first kappa shape index (κ1) is 9.63. The molecule has 0 aromatic rings. The summed E-state index contributed by atoms with van der Waals surface area (Å²) in [5.41, 5.74) is 0.767.